The summed E-state index contributed by atoms with van der Waals surface area (Å²) in [6, 6.07) is 6.10. The molecule has 1 heterocycles. The second-order valence-corrected chi connectivity index (χ2v) is 3.71. The van der Waals surface area contributed by atoms with Crippen molar-refractivity contribution in [3.05, 3.63) is 29.8 Å². The summed E-state index contributed by atoms with van der Waals surface area (Å²) >= 11 is 0. The van der Waals surface area contributed by atoms with Gasteiger partial charge in [-0.3, -0.25) is 9.59 Å². The summed E-state index contributed by atoms with van der Waals surface area (Å²) in [6.07, 6.45) is 0.531. The van der Waals surface area contributed by atoms with Gasteiger partial charge in [0.1, 0.15) is 11.8 Å². The lowest BCUT2D eigenvalue weighted by atomic mass is 9.94. The fraction of sp³-hybridized carbons (Fsp3) is 0.273. The molecule has 2 rings (SSSR count). The fourth-order valence-electron chi connectivity index (χ4n) is 1.92. The Labute approximate surface area is 92.5 Å². The number of hydrogen-bond acceptors (Lipinski definition) is 3. The summed E-state index contributed by atoms with van der Waals surface area (Å²) in [4.78, 5) is 21.8. The van der Waals surface area contributed by atoms with Gasteiger partial charge in [-0.25, -0.2) is 0 Å². The van der Waals surface area contributed by atoms with E-state index in [4.69, 9.17) is 5.11 Å². The van der Waals surface area contributed by atoms with Crippen molar-refractivity contribution < 1.29 is 14.7 Å². The van der Waals surface area contributed by atoms with Gasteiger partial charge in [0.25, 0.3) is 0 Å². The van der Waals surface area contributed by atoms with Gasteiger partial charge in [0.2, 0.25) is 12.3 Å². The minimum atomic E-state index is -0.526. The Morgan fingerprint density at radius 2 is 2.06 bits per heavy atom. The van der Waals surface area contributed by atoms with Crippen LogP contribution in [0.4, 0.5) is 0 Å². The molecule has 3 N–H and O–H groups in total. The molecule has 1 aliphatic heterocycles. The second kappa shape index (κ2) is 4.22. The van der Waals surface area contributed by atoms with E-state index in [1.54, 1.807) is 24.3 Å². The summed E-state index contributed by atoms with van der Waals surface area (Å²) in [6.45, 7) is 0.495. The van der Waals surface area contributed by atoms with Crippen molar-refractivity contribution in [1.29, 1.82) is 0 Å². The van der Waals surface area contributed by atoms with E-state index in [1.165, 1.54) is 0 Å². The number of carbonyl (C=O) groups is 2. The smallest absolute Gasteiger partial charge is 0.243 e. The maximum Gasteiger partial charge on any atom is 0.243 e. The van der Waals surface area contributed by atoms with Gasteiger partial charge in [-0.05, 0) is 17.7 Å². The molecule has 1 aliphatic rings. The Kier molecular flexibility index (Phi) is 2.76. The third-order valence-corrected chi connectivity index (χ3v) is 2.75. The Morgan fingerprint density at radius 1 is 1.38 bits per heavy atom. The summed E-state index contributed by atoms with van der Waals surface area (Å²) in [7, 11) is 0. The summed E-state index contributed by atoms with van der Waals surface area (Å²) in [5.74, 6) is -0.0793. The second-order valence-electron chi connectivity index (χ2n) is 3.71. The zero-order valence-electron chi connectivity index (χ0n) is 8.51. The van der Waals surface area contributed by atoms with Gasteiger partial charge in [-0.15, -0.1) is 0 Å². The first-order valence-electron chi connectivity index (χ1n) is 4.98. The van der Waals surface area contributed by atoms with Crippen LogP contribution in [0.3, 0.4) is 0 Å². The van der Waals surface area contributed by atoms with Gasteiger partial charge in [-0.1, -0.05) is 12.1 Å². The van der Waals surface area contributed by atoms with Crippen molar-refractivity contribution in [2.75, 3.05) is 6.54 Å². The van der Waals surface area contributed by atoms with Crippen molar-refractivity contribution in [2.45, 2.75) is 12.0 Å². The highest BCUT2D eigenvalue weighted by Crippen LogP contribution is 2.24. The molecule has 0 spiro atoms. The van der Waals surface area contributed by atoms with Crippen LogP contribution in [0.15, 0.2) is 24.3 Å². The molecule has 0 saturated carbocycles. The molecule has 1 aromatic rings. The minimum absolute atomic E-state index is 0.0849. The van der Waals surface area contributed by atoms with Crippen molar-refractivity contribution >= 4 is 12.3 Å². The van der Waals surface area contributed by atoms with Crippen LogP contribution < -0.4 is 10.6 Å². The van der Waals surface area contributed by atoms with E-state index >= 15 is 0 Å². The van der Waals surface area contributed by atoms with Crippen LogP contribution in [-0.4, -0.2) is 30.0 Å². The van der Waals surface area contributed by atoms with Gasteiger partial charge in [0, 0.05) is 12.5 Å². The number of hydrogen-bond donors (Lipinski definition) is 3. The van der Waals surface area contributed by atoms with Crippen molar-refractivity contribution in [3.63, 3.8) is 0 Å². The number of amides is 2. The van der Waals surface area contributed by atoms with E-state index in [2.05, 4.69) is 10.6 Å². The zero-order valence-corrected chi connectivity index (χ0v) is 8.51. The van der Waals surface area contributed by atoms with Crippen LogP contribution >= 0.6 is 0 Å². The number of phenols is 1. The average Bonchev–Trinajstić information content (AvgIpc) is 2.63. The van der Waals surface area contributed by atoms with E-state index in [0.29, 0.717) is 13.0 Å². The third-order valence-electron chi connectivity index (χ3n) is 2.75. The van der Waals surface area contributed by atoms with Gasteiger partial charge in [-0.2, -0.15) is 0 Å². The van der Waals surface area contributed by atoms with Crippen LogP contribution in [0.5, 0.6) is 5.75 Å². The minimum Gasteiger partial charge on any atom is -0.508 e. The largest absolute Gasteiger partial charge is 0.508 e. The normalized spacial score (nSPS) is 23.9. The Balaban J connectivity index is 2.22. The summed E-state index contributed by atoms with van der Waals surface area (Å²) in [5.41, 5.74) is 0.913. The molecular weight excluding hydrogens is 208 g/mol. The van der Waals surface area contributed by atoms with Gasteiger partial charge < -0.3 is 15.7 Å². The van der Waals surface area contributed by atoms with E-state index in [-0.39, 0.29) is 17.6 Å². The lowest BCUT2D eigenvalue weighted by molar-refractivity contribution is -0.123. The van der Waals surface area contributed by atoms with E-state index < -0.39 is 6.04 Å². The molecule has 1 aromatic carbocycles. The first kappa shape index (κ1) is 10.5. The SMILES string of the molecule is O=CNC1C(=O)NC[C@@H]1c1ccc(O)cc1. The molecule has 1 saturated heterocycles. The molecule has 0 aliphatic carbocycles. The average molecular weight is 220 g/mol. The Morgan fingerprint density at radius 3 is 2.69 bits per heavy atom. The van der Waals surface area contributed by atoms with Crippen molar-refractivity contribution in [1.82, 2.24) is 10.6 Å². The summed E-state index contributed by atoms with van der Waals surface area (Å²) < 4.78 is 0. The van der Waals surface area contributed by atoms with Crippen LogP contribution in [0, 0.1) is 0 Å². The van der Waals surface area contributed by atoms with Crippen LogP contribution in [0.25, 0.3) is 0 Å². The third kappa shape index (κ3) is 1.84. The van der Waals surface area contributed by atoms with Crippen LogP contribution in [0.2, 0.25) is 0 Å². The maximum atomic E-state index is 11.4. The zero-order chi connectivity index (χ0) is 11.5. The van der Waals surface area contributed by atoms with Gasteiger partial charge in [0.15, 0.2) is 0 Å². The number of carbonyl (C=O) groups excluding carboxylic acids is 2. The number of aromatic hydroxyl groups is 1. The molecule has 5 heteroatoms. The monoisotopic (exact) mass is 220 g/mol. The highest BCUT2D eigenvalue weighted by atomic mass is 16.3. The van der Waals surface area contributed by atoms with E-state index in [1.807, 2.05) is 0 Å². The summed E-state index contributed by atoms with van der Waals surface area (Å²) in [5, 5.41) is 14.4. The highest BCUT2D eigenvalue weighted by molar-refractivity contribution is 5.87. The quantitative estimate of drug-likeness (QED) is 0.613. The first-order valence-corrected chi connectivity index (χ1v) is 4.98. The number of benzene rings is 1. The number of phenolic OH excluding ortho intramolecular Hbond substituents is 1. The molecule has 5 nitrogen and oxygen atoms in total. The van der Waals surface area contributed by atoms with E-state index in [9.17, 15) is 9.59 Å². The first-order chi connectivity index (χ1) is 7.72. The Hall–Kier alpha value is -2.04. The van der Waals surface area contributed by atoms with Crippen LogP contribution in [0.1, 0.15) is 11.5 Å². The molecule has 84 valence electrons. The molecule has 16 heavy (non-hydrogen) atoms. The maximum absolute atomic E-state index is 11.4. The van der Waals surface area contributed by atoms with Crippen molar-refractivity contribution in [3.8, 4) is 5.75 Å². The predicted molar refractivity (Wildman–Crippen MR) is 56.8 cm³/mol. The van der Waals surface area contributed by atoms with Crippen LogP contribution in [-0.2, 0) is 9.59 Å². The number of nitrogens with one attached hydrogen (secondary N) is 2. The molecule has 2 atom stereocenters. The molecule has 0 aromatic heterocycles. The molecule has 1 unspecified atom stereocenters. The van der Waals surface area contributed by atoms with Crippen molar-refractivity contribution in [2.24, 2.45) is 0 Å². The van der Waals surface area contributed by atoms with E-state index in [0.717, 1.165) is 5.56 Å². The van der Waals surface area contributed by atoms with Gasteiger partial charge >= 0.3 is 0 Å². The molecular formula is C11H12N2O3. The Bertz CT molecular complexity index is 402. The lowest BCUT2D eigenvalue weighted by Gasteiger charge is -2.15. The molecule has 1 fully saturated rings. The number of rotatable bonds is 3. The highest BCUT2D eigenvalue weighted by Gasteiger charge is 2.35. The standard InChI is InChI=1S/C11H12N2O3/c14-6-13-10-9(5-12-11(10)16)7-1-3-8(15)4-2-7/h1-4,6,9-10,15H,5H2,(H,12,16)(H,13,14)/t9-,10?/m1/s1. The molecule has 0 bridgehead atoms. The molecule has 2 amide bonds. The topological polar surface area (TPSA) is 78.4 Å². The predicted octanol–water partition coefficient (Wildman–Crippen LogP) is -0.280. The van der Waals surface area contributed by atoms with Gasteiger partial charge in [0.05, 0.1) is 0 Å². The fourth-order valence-corrected chi connectivity index (χ4v) is 1.92. The lowest BCUT2D eigenvalue weighted by Crippen LogP contribution is -2.38. The molecule has 0 radical (unpaired) electrons.